The van der Waals surface area contributed by atoms with Gasteiger partial charge in [0.1, 0.15) is 19.0 Å². The van der Waals surface area contributed by atoms with Crippen LogP contribution in [0.25, 0.3) is 0 Å². The quantitative estimate of drug-likeness (QED) is 0.886. The molecule has 0 fully saturated rings. The lowest BCUT2D eigenvalue weighted by Crippen LogP contribution is -2.25. The van der Waals surface area contributed by atoms with Crippen LogP contribution >= 0.6 is 0 Å². The highest BCUT2D eigenvalue weighted by atomic mass is 16.5. The first-order valence-corrected chi connectivity index (χ1v) is 7.16. The molecule has 2 heterocycles. The Kier molecular flexibility index (Phi) is 4.67. The molecule has 1 N–H and O–H groups in total. The Labute approximate surface area is 128 Å². The van der Waals surface area contributed by atoms with Crippen molar-refractivity contribution in [1.29, 1.82) is 0 Å². The van der Waals surface area contributed by atoms with E-state index in [1.54, 1.807) is 7.11 Å². The Bertz CT molecular complexity index is 629. The predicted molar refractivity (Wildman–Crippen MR) is 77.0 cm³/mol. The molecule has 2 aromatic rings. The monoisotopic (exact) mass is 305 g/mol. The minimum absolute atomic E-state index is 0.0251. The topological polar surface area (TPSA) is 80.9 Å². The Morgan fingerprint density at radius 3 is 3.14 bits per heavy atom. The second-order valence-corrected chi connectivity index (χ2v) is 5.20. The third-order valence-electron chi connectivity index (χ3n) is 3.51. The van der Waals surface area contributed by atoms with Gasteiger partial charge in [-0.05, 0) is 17.7 Å². The SMILES string of the molecule is COCc1noc(CN2CCOc3ccc(CO)cc3C2)n1. The fourth-order valence-corrected chi connectivity index (χ4v) is 2.47. The van der Waals surface area contributed by atoms with E-state index < -0.39 is 0 Å². The number of benzene rings is 1. The van der Waals surface area contributed by atoms with Gasteiger partial charge in [0.25, 0.3) is 0 Å². The van der Waals surface area contributed by atoms with Crippen LogP contribution in [0, 0.1) is 0 Å². The standard InChI is InChI=1S/C15H19N3O4/c1-20-10-14-16-15(22-17-14)8-18-4-5-21-13-3-2-11(9-19)6-12(13)7-18/h2-3,6,19H,4-5,7-10H2,1H3. The predicted octanol–water partition coefficient (Wildman–Crippen LogP) is 1.10. The molecule has 118 valence electrons. The molecule has 0 atom stereocenters. The van der Waals surface area contributed by atoms with Crippen LogP contribution in [0.15, 0.2) is 22.7 Å². The van der Waals surface area contributed by atoms with E-state index in [-0.39, 0.29) is 6.61 Å². The molecule has 0 aliphatic carbocycles. The third-order valence-corrected chi connectivity index (χ3v) is 3.51. The molecule has 7 heteroatoms. The van der Waals surface area contributed by atoms with Crippen LogP contribution in [0.5, 0.6) is 5.75 Å². The van der Waals surface area contributed by atoms with Crippen LogP contribution in [0.4, 0.5) is 0 Å². The van der Waals surface area contributed by atoms with Gasteiger partial charge in [-0.15, -0.1) is 0 Å². The van der Waals surface area contributed by atoms with Crippen molar-refractivity contribution in [3.05, 3.63) is 41.0 Å². The highest BCUT2D eigenvalue weighted by Gasteiger charge is 2.18. The van der Waals surface area contributed by atoms with E-state index in [9.17, 15) is 5.11 Å². The van der Waals surface area contributed by atoms with Crippen LogP contribution in [0.2, 0.25) is 0 Å². The molecule has 0 bridgehead atoms. The summed E-state index contributed by atoms with van der Waals surface area (Å²) in [5.74, 6) is 1.98. The second kappa shape index (κ2) is 6.87. The average Bonchev–Trinajstić information content (AvgIpc) is 2.86. The third kappa shape index (κ3) is 3.44. The van der Waals surface area contributed by atoms with Gasteiger partial charge in [-0.25, -0.2) is 0 Å². The van der Waals surface area contributed by atoms with Gasteiger partial charge < -0.3 is 19.1 Å². The molecular formula is C15H19N3O4. The lowest BCUT2D eigenvalue weighted by molar-refractivity contribution is 0.174. The second-order valence-electron chi connectivity index (χ2n) is 5.20. The van der Waals surface area contributed by atoms with Crippen LogP contribution in [0.1, 0.15) is 22.8 Å². The summed E-state index contributed by atoms with van der Waals surface area (Å²) in [6, 6.07) is 5.76. The number of hydrogen-bond donors (Lipinski definition) is 1. The maximum atomic E-state index is 9.26. The zero-order chi connectivity index (χ0) is 15.4. The maximum Gasteiger partial charge on any atom is 0.240 e. The van der Waals surface area contributed by atoms with E-state index in [0.717, 1.165) is 23.4 Å². The molecule has 1 aromatic carbocycles. The molecule has 1 aliphatic rings. The van der Waals surface area contributed by atoms with Crippen molar-refractivity contribution < 1.29 is 19.1 Å². The number of aromatic nitrogens is 2. The van der Waals surface area contributed by atoms with Crippen molar-refractivity contribution in [2.45, 2.75) is 26.3 Å². The minimum Gasteiger partial charge on any atom is -0.492 e. The molecule has 0 amide bonds. The van der Waals surface area contributed by atoms with Crippen molar-refractivity contribution in [2.24, 2.45) is 0 Å². The summed E-state index contributed by atoms with van der Waals surface area (Å²) >= 11 is 0. The first-order chi connectivity index (χ1) is 10.8. The molecule has 1 aromatic heterocycles. The average molecular weight is 305 g/mol. The minimum atomic E-state index is 0.0251. The van der Waals surface area contributed by atoms with Gasteiger partial charge in [0.05, 0.1) is 13.2 Å². The molecule has 22 heavy (non-hydrogen) atoms. The Balaban J connectivity index is 1.71. The summed E-state index contributed by atoms with van der Waals surface area (Å²) in [5.41, 5.74) is 1.94. The lowest BCUT2D eigenvalue weighted by atomic mass is 10.1. The zero-order valence-electron chi connectivity index (χ0n) is 12.5. The van der Waals surface area contributed by atoms with Crippen molar-refractivity contribution in [1.82, 2.24) is 15.0 Å². The summed E-state index contributed by atoms with van der Waals surface area (Å²) < 4.78 is 16.0. The molecule has 1 aliphatic heterocycles. The van der Waals surface area contributed by atoms with Crippen molar-refractivity contribution >= 4 is 0 Å². The van der Waals surface area contributed by atoms with E-state index >= 15 is 0 Å². The molecule has 0 spiro atoms. The van der Waals surface area contributed by atoms with Gasteiger partial charge >= 0.3 is 0 Å². The molecule has 0 saturated heterocycles. The number of ether oxygens (including phenoxy) is 2. The first kappa shape index (κ1) is 15.0. The molecule has 3 rings (SSSR count). The van der Waals surface area contributed by atoms with Crippen LogP contribution in [-0.2, 0) is 31.0 Å². The number of methoxy groups -OCH3 is 1. The molecule has 7 nitrogen and oxygen atoms in total. The van der Waals surface area contributed by atoms with Gasteiger partial charge in [-0.2, -0.15) is 4.98 Å². The number of nitrogens with zero attached hydrogens (tertiary/aromatic N) is 3. The largest absolute Gasteiger partial charge is 0.492 e. The Morgan fingerprint density at radius 1 is 1.41 bits per heavy atom. The fraction of sp³-hybridized carbons (Fsp3) is 0.467. The van der Waals surface area contributed by atoms with Crippen LogP contribution < -0.4 is 4.74 Å². The van der Waals surface area contributed by atoms with E-state index in [4.69, 9.17) is 14.0 Å². The van der Waals surface area contributed by atoms with Gasteiger partial charge in [-0.1, -0.05) is 11.2 Å². The van der Waals surface area contributed by atoms with Crippen molar-refractivity contribution in [3.8, 4) is 5.75 Å². The highest BCUT2D eigenvalue weighted by Crippen LogP contribution is 2.25. The van der Waals surface area contributed by atoms with E-state index in [1.807, 2.05) is 18.2 Å². The Morgan fingerprint density at radius 2 is 2.32 bits per heavy atom. The number of fused-ring (bicyclic) bond motifs is 1. The van der Waals surface area contributed by atoms with E-state index in [1.165, 1.54) is 0 Å². The van der Waals surface area contributed by atoms with Gasteiger partial charge in [0.15, 0.2) is 5.82 Å². The smallest absolute Gasteiger partial charge is 0.240 e. The van der Waals surface area contributed by atoms with Gasteiger partial charge in [0, 0.05) is 25.8 Å². The number of aliphatic hydroxyl groups is 1. The fourth-order valence-electron chi connectivity index (χ4n) is 2.47. The molecule has 0 saturated carbocycles. The number of rotatable bonds is 5. The summed E-state index contributed by atoms with van der Waals surface area (Å²) in [7, 11) is 1.60. The summed E-state index contributed by atoms with van der Waals surface area (Å²) in [4.78, 5) is 6.47. The highest BCUT2D eigenvalue weighted by molar-refractivity contribution is 5.37. The lowest BCUT2D eigenvalue weighted by Gasteiger charge is -2.16. The zero-order valence-corrected chi connectivity index (χ0v) is 12.5. The molecule has 0 unspecified atom stereocenters. The van der Waals surface area contributed by atoms with Gasteiger partial charge in [0.2, 0.25) is 5.89 Å². The van der Waals surface area contributed by atoms with E-state index in [0.29, 0.717) is 38.0 Å². The van der Waals surface area contributed by atoms with Crippen LogP contribution in [0.3, 0.4) is 0 Å². The normalized spacial score (nSPS) is 15.2. The van der Waals surface area contributed by atoms with Gasteiger partial charge in [-0.3, -0.25) is 4.90 Å². The summed E-state index contributed by atoms with van der Waals surface area (Å²) in [6.45, 7) is 3.01. The number of hydrogen-bond acceptors (Lipinski definition) is 7. The maximum absolute atomic E-state index is 9.26. The van der Waals surface area contributed by atoms with Crippen molar-refractivity contribution in [2.75, 3.05) is 20.3 Å². The number of aliphatic hydroxyl groups excluding tert-OH is 1. The summed E-state index contributed by atoms with van der Waals surface area (Å²) in [5, 5.41) is 13.1. The Hall–Kier alpha value is -1.96. The van der Waals surface area contributed by atoms with Crippen LogP contribution in [-0.4, -0.2) is 40.4 Å². The first-order valence-electron chi connectivity index (χ1n) is 7.16. The molecule has 0 radical (unpaired) electrons. The van der Waals surface area contributed by atoms with Crippen molar-refractivity contribution in [3.63, 3.8) is 0 Å². The van der Waals surface area contributed by atoms with E-state index in [2.05, 4.69) is 15.0 Å². The molecular weight excluding hydrogens is 286 g/mol. The summed E-state index contributed by atoms with van der Waals surface area (Å²) in [6.07, 6.45) is 0.